The highest BCUT2D eigenvalue weighted by atomic mass is 19.1. The Morgan fingerprint density at radius 1 is 0.833 bits per heavy atom. The van der Waals surface area contributed by atoms with Crippen molar-refractivity contribution in [3.8, 4) is 0 Å². The van der Waals surface area contributed by atoms with Gasteiger partial charge in [0, 0.05) is 5.56 Å². The number of aryl methyl sites for hydroxylation is 1. The number of nitrogens with one attached hydrogen (secondary N) is 1. The molecule has 0 heterocycles. The van der Waals surface area contributed by atoms with E-state index >= 15 is 0 Å². The molecule has 1 N–H and O–H groups in total. The third-order valence-corrected chi connectivity index (χ3v) is 3.93. The molecule has 3 aromatic rings. The van der Waals surface area contributed by atoms with E-state index in [2.05, 4.69) is 5.32 Å². The zero-order valence-corrected chi connectivity index (χ0v) is 13.4. The van der Waals surface area contributed by atoms with E-state index in [9.17, 15) is 9.18 Å². The zero-order chi connectivity index (χ0) is 16.9. The van der Waals surface area contributed by atoms with E-state index in [1.54, 1.807) is 24.3 Å². The van der Waals surface area contributed by atoms with Gasteiger partial charge in [0.05, 0.1) is 6.04 Å². The third kappa shape index (κ3) is 3.69. The van der Waals surface area contributed by atoms with Gasteiger partial charge in [-0.3, -0.25) is 4.79 Å². The predicted molar refractivity (Wildman–Crippen MR) is 93.3 cm³/mol. The monoisotopic (exact) mass is 319 g/mol. The largest absolute Gasteiger partial charge is 0.341 e. The fourth-order valence-electron chi connectivity index (χ4n) is 2.58. The van der Waals surface area contributed by atoms with Crippen LogP contribution in [0.3, 0.4) is 0 Å². The summed E-state index contributed by atoms with van der Waals surface area (Å²) in [7, 11) is 0. The lowest BCUT2D eigenvalue weighted by atomic mass is 9.97. The molecule has 3 heteroatoms. The second-order valence-electron chi connectivity index (χ2n) is 5.73. The molecule has 120 valence electrons. The molecule has 3 aromatic carbocycles. The number of rotatable bonds is 4. The maximum Gasteiger partial charge on any atom is 0.252 e. The number of benzene rings is 3. The lowest BCUT2D eigenvalue weighted by Crippen LogP contribution is -2.29. The van der Waals surface area contributed by atoms with Crippen molar-refractivity contribution in [2.45, 2.75) is 13.0 Å². The van der Waals surface area contributed by atoms with Crippen molar-refractivity contribution in [1.82, 2.24) is 5.32 Å². The van der Waals surface area contributed by atoms with Crippen molar-refractivity contribution in [3.05, 3.63) is 107 Å². The Kier molecular flexibility index (Phi) is 4.71. The minimum atomic E-state index is -0.334. The Morgan fingerprint density at radius 2 is 1.38 bits per heavy atom. The molecule has 0 spiro atoms. The summed E-state index contributed by atoms with van der Waals surface area (Å²) < 4.78 is 13.2. The molecular weight excluding hydrogens is 301 g/mol. The van der Waals surface area contributed by atoms with Crippen molar-refractivity contribution in [3.63, 3.8) is 0 Å². The summed E-state index contributed by atoms with van der Waals surface area (Å²) in [6.45, 7) is 2.01. The first-order valence-corrected chi connectivity index (χ1v) is 7.81. The highest BCUT2D eigenvalue weighted by Crippen LogP contribution is 2.23. The summed E-state index contributed by atoms with van der Waals surface area (Å²) in [6.07, 6.45) is 0. The molecule has 0 saturated heterocycles. The standard InChI is InChI=1S/C21H18FNO/c1-15-7-9-16(10-8-15)20(17-11-13-19(22)14-12-17)23-21(24)18-5-3-2-4-6-18/h2-14,20H,1H3,(H,23,24). The lowest BCUT2D eigenvalue weighted by Gasteiger charge is -2.20. The van der Waals surface area contributed by atoms with Gasteiger partial charge in [-0.15, -0.1) is 0 Å². The Bertz CT molecular complexity index is 765. The topological polar surface area (TPSA) is 29.1 Å². The first kappa shape index (κ1) is 15.9. The number of hydrogen-bond acceptors (Lipinski definition) is 1. The van der Waals surface area contributed by atoms with E-state index in [0.29, 0.717) is 5.56 Å². The number of halogens is 1. The average molecular weight is 319 g/mol. The predicted octanol–water partition coefficient (Wildman–Crippen LogP) is 4.65. The van der Waals surface area contributed by atoms with Gasteiger partial charge >= 0.3 is 0 Å². The van der Waals surface area contributed by atoms with E-state index in [1.807, 2.05) is 49.4 Å². The Labute approximate surface area is 141 Å². The van der Waals surface area contributed by atoms with Crippen molar-refractivity contribution in [2.75, 3.05) is 0 Å². The number of hydrogen-bond donors (Lipinski definition) is 1. The lowest BCUT2D eigenvalue weighted by molar-refractivity contribution is 0.0943. The normalized spacial score (nSPS) is 11.8. The summed E-state index contributed by atoms with van der Waals surface area (Å²) in [4.78, 5) is 12.6. The second-order valence-corrected chi connectivity index (χ2v) is 5.73. The van der Waals surface area contributed by atoms with Crippen LogP contribution in [0.1, 0.15) is 33.1 Å². The minimum absolute atomic E-state index is 0.162. The molecule has 0 fully saturated rings. The van der Waals surface area contributed by atoms with Gasteiger partial charge < -0.3 is 5.32 Å². The Balaban J connectivity index is 1.94. The fraction of sp³-hybridized carbons (Fsp3) is 0.0952. The van der Waals surface area contributed by atoms with Crippen LogP contribution in [0.5, 0.6) is 0 Å². The summed E-state index contributed by atoms with van der Waals surface area (Å²) in [6, 6.07) is 22.9. The smallest absolute Gasteiger partial charge is 0.252 e. The average Bonchev–Trinajstić information content (AvgIpc) is 2.62. The molecule has 1 atom stereocenters. The second kappa shape index (κ2) is 7.09. The molecule has 0 bridgehead atoms. The van der Waals surface area contributed by atoms with Crippen molar-refractivity contribution >= 4 is 5.91 Å². The van der Waals surface area contributed by atoms with Crippen LogP contribution < -0.4 is 5.32 Å². The minimum Gasteiger partial charge on any atom is -0.341 e. The maximum atomic E-state index is 13.2. The fourth-order valence-corrected chi connectivity index (χ4v) is 2.58. The van der Waals surface area contributed by atoms with Gasteiger partial charge in [0.25, 0.3) is 5.91 Å². The molecule has 3 rings (SSSR count). The molecule has 0 aromatic heterocycles. The number of carbonyl (C=O) groups excluding carboxylic acids is 1. The molecule has 0 radical (unpaired) electrons. The van der Waals surface area contributed by atoms with Crippen LogP contribution in [0, 0.1) is 12.7 Å². The van der Waals surface area contributed by atoms with Gasteiger partial charge in [0.15, 0.2) is 0 Å². The van der Waals surface area contributed by atoms with Crippen molar-refractivity contribution in [2.24, 2.45) is 0 Å². The van der Waals surface area contributed by atoms with Gasteiger partial charge in [0.1, 0.15) is 5.82 Å². The maximum absolute atomic E-state index is 13.2. The van der Waals surface area contributed by atoms with Crippen LogP contribution >= 0.6 is 0 Å². The van der Waals surface area contributed by atoms with Gasteiger partial charge in [-0.1, -0.05) is 60.2 Å². The Hall–Kier alpha value is -2.94. The van der Waals surface area contributed by atoms with Crippen LogP contribution in [0.4, 0.5) is 4.39 Å². The molecule has 24 heavy (non-hydrogen) atoms. The van der Waals surface area contributed by atoms with Gasteiger partial charge in [-0.05, 0) is 42.3 Å². The molecule has 0 aliphatic heterocycles. The van der Waals surface area contributed by atoms with E-state index < -0.39 is 0 Å². The molecular formula is C21H18FNO. The van der Waals surface area contributed by atoms with E-state index in [-0.39, 0.29) is 17.8 Å². The van der Waals surface area contributed by atoms with Gasteiger partial charge in [-0.25, -0.2) is 4.39 Å². The van der Waals surface area contributed by atoms with Crippen molar-refractivity contribution < 1.29 is 9.18 Å². The first-order valence-electron chi connectivity index (χ1n) is 7.81. The molecule has 1 amide bonds. The third-order valence-electron chi connectivity index (χ3n) is 3.93. The zero-order valence-electron chi connectivity index (χ0n) is 13.4. The highest BCUT2D eigenvalue weighted by molar-refractivity contribution is 5.94. The number of amides is 1. The van der Waals surface area contributed by atoms with Gasteiger partial charge in [-0.2, -0.15) is 0 Å². The van der Waals surface area contributed by atoms with E-state index in [1.165, 1.54) is 12.1 Å². The molecule has 0 saturated carbocycles. The SMILES string of the molecule is Cc1ccc(C(NC(=O)c2ccccc2)c2ccc(F)cc2)cc1. The first-order chi connectivity index (χ1) is 11.6. The summed E-state index contributed by atoms with van der Waals surface area (Å²) in [5.41, 5.74) is 3.53. The van der Waals surface area contributed by atoms with E-state index in [0.717, 1.165) is 16.7 Å². The molecule has 2 nitrogen and oxygen atoms in total. The highest BCUT2D eigenvalue weighted by Gasteiger charge is 2.17. The molecule has 1 unspecified atom stereocenters. The van der Waals surface area contributed by atoms with Crippen LogP contribution in [0.25, 0.3) is 0 Å². The van der Waals surface area contributed by atoms with E-state index in [4.69, 9.17) is 0 Å². The Morgan fingerprint density at radius 3 is 1.96 bits per heavy atom. The van der Waals surface area contributed by atoms with Crippen molar-refractivity contribution in [1.29, 1.82) is 0 Å². The number of carbonyl (C=O) groups is 1. The molecule has 0 aliphatic carbocycles. The molecule has 0 aliphatic rings. The summed E-state index contributed by atoms with van der Waals surface area (Å²) in [5.74, 6) is -0.457. The van der Waals surface area contributed by atoms with Crippen LogP contribution in [0.2, 0.25) is 0 Å². The summed E-state index contributed by atoms with van der Waals surface area (Å²) in [5, 5.41) is 3.04. The van der Waals surface area contributed by atoms with Crippen LogP contribution in [0.15, 0.2) is 78.9 Å². The van der Waals surface area contributed by atoms with Crippen LogP contribution in [-0.4, -0.2) is 5.91 Å². The van der Waals surface area contributed by atoms with Gasteiger partial charge in [0.2, 0.25) is 0 Å². The quantitative estimate of drug-likeness (QED) is 0.745. The summed E-state index contributed by atoms with van der Waals surface area (Å²) >= 11 is 0. The van der Waals surface area contributed by atoms with Crippen LogP contribution in [-0.2, 0) is 0 Å².